The van der Waals surface area contributed by atoms with Gasteiger partial charge >= 0.3 is 0 Å². The normalized spacial score (nSPS) is 10.8. The van der Waals surface area contributed by atoms with Gasteiger partial charge in [0.2, 0.25) is 0 Å². The average molecular weight is 908 g/mol. The zero-order valence-corrected chi connectivity index (χ0v) is 32.2. The molecule has 0 saturated heterocycles. The van der Waals surface area contributed by atoms with Crippen LogP contribution in [0.2, 0.25) is 0 Å². The van der Waals surface area contributed by atoms with Gasteiger partial charge in [-0.1, -0.05) is 84.9 Å². The topological polar surface area (TPSA) is 94.5 Å². The van der Waals surface area contributed by atoms with Crippen LogP contribution in [-0.2, 0) is 20.1 Å². The minimum absolute atomic E-state index is 0. The molecule has 3 heterocycles. The van der Waals surface area contributed by atoms with Crippen LogP contribution in [0.1, 0.15) is 0 Å². The standard InChI is InChI=1S/2C16H10N3.C13H9NOS.Ir/c2*1-2-8-13-12(6-1)7-5-11-16(13)19-17-14-9-3-4-10-15(14)18-19;15-11-7-3-1-5-9(11)13-14-10-6-2-4-8-12(10)16-13;/h2*1-10H;1-8,15H;/q2*-1;;. The third-order valence-corrected chi connectivity index (χ3v) is 9.87. The summed E-state index contributed by atoms with van der Waals surface area (Å²) in [6.45, 7) is 0. The molecule has 0 aliphatic rings. The van der Waals surface area contributed by atoms with E-state index >= 15 is 0 Å². The van der Waals surface area contributed by atoms with E-state index in [0.717, 1.165) is 75.8 Å². The average Bonchev–Trinajstić information content (AvgIpc) is 3.98. The molecule has 0 atom stereocenters. The molecule has 3 aromatic heterocycles. The fourth-order valence-corrected chi connectivity index (χ4v) is 7.18. The molecule has 1 radical (unpaired) electrons. The van der Waals surface area contributed by atoms with E-state index < -0.39 is 0 Å². The first-order valence-corrected chi connectivity index (χ1v) is 18.1. The molecule has 0 unspecified atom stereocenters. The van der Waals surface area contributed by atoms with E-state index in [1.54, 1.807) is 27.0 Å². The molecule has 10 heteroatoms. The van der Waals surface area contributed by atoms with Crippen molar-refractivity contribution in [2.75, 3.05) is 0 Å². The summed E-state index contributed by atoms with van der Waals surface area (Å²) in [5, 5.41) is 33.2. The second kappa shape index (κ2) is 15.8. The summed E-state index contributed by atoms with van der Waals surface area (Å²) in [7, 11) is 0. The van der Waals surface area contributed by atoms with E-state index in [4.69, 9.17) is 0 Å². The van der Waals surface area contributed by atoms with E-state index in [2.05, 4.69) is 61.8 Å². The number of aromatic hydroxyl groups is 1. The molecule has 0 bridgehead atoms. The minimum Gasteiger partial charge on any atom is -0.507 e. The summed E-state index contributed by atoms with van der Waals surface area (Å²) in [5.41, 5.74) is 7.11. The number of rotatable bonds is 3. The maximum atomic E-state index is 9.76. The van der Waals surface area contributed by atoms with Gasteiger partial charge in [-0.05, 0) is 59.9 Å². The van der Waals surface area contributed by atoms with Gasteiger partial charge in [0.15, 0.2) is 0 Å². The van der Waals surface area contributed by atoms with Gasteiger partial charge in [-0.15, -0.1) is 45.0 Å². The summed E-state index contributed by atoms with van der Waals surface area (Å²) in [6, 6.07) is 61.7. The summed E-state index contributed by atoms with van der Waals surface area (Å²) >= 11 is 1.59. The van der Waals surface area contributed by atoms with Crippen LogP contribution in [-0.4, -0.2) is 40.1 Å². The van der Waals surface area contributed by atoms with Crippen molar-refractivity contribution in [3.8, 4) is 27.7 Å². The zero-order chi connectivity index (χ0) is 36.3. The SMILES string of the molecule is Oc1ccccc1-c1nc2ccccc2s1.[Ir].[c-]1ccc2ccccc2c1-n1nc2ccccc2n1.[c-]1ccc2ccccc2c1-n1nc2ccccc2n1. The molecule has 1 N–H and O–H groups in total. The number of thiazole rings is 1. The Kier molecular flexibility index (Phi) is 10.2. The van der Waals surface area contributed by atoms with E-state index in [0.29, 0.717) is 0 Å². The molecule has 8 aromatic carbocycles. The van der Waals surface area contributed by atoms with Gasteiger partial charge in [-0.3, -0.25) is 0 Å². The molecule has 0 aliphatic heterocycles. The van der Waals surface area contributed by atoms with Crippen LogP contribution in [0.3, 0.4) is 0 Å². The Morgan fingerprint density at radius 3 is 1.36 bits per heavy atom. The molecule has 11 aromatic rings. The first kappa shape index (κ1) is 35.4. The summed E-state index contributed by atoms with van der Waals surface area (Å²) in [6.07, 6.45) is 0. The van der Waals surface area contributed by atoms with Crippen LogP contribution >= 0.6 is 11.3 Å². The molecule has 0 fully saturated rings. The number of hydrogen-bond donors (Lipinski definition) is 1. The van der Waals surface area contributed by atoms with Crippen LogP contribution in [0.4, 0.5) is 0 Å². The van der Waals surface area contributed by atoms with Crippen molar-refractivity contribution >= 4 is 65.2 Å². The van der Waals surface area contributed by atoms with Crippen molar-refractivity contribution in [1.29, 1.82) is 0 Å². The molecule has 267 valence electrons. The number of aromatic nitrogens is 7. The molecule has 0 spiro atoms. The molecule has 8 nitrogen and oxygen atoms in total. The Balaban J connectivity index is 0.000000116. The van der Waals surface area contributed by atoms with Gasteiger partial charge in [0, 0.05) is 20.1 Å². The molecular weight excluding hydrogens is 879 g/mol. The number of hydrogen-bond acceptors (Lipinski definition) is 7. The van der Waals surface area contributed by atoms with Gasteiger partial charge in [0.05, 0.1) is 15.8 Å². The summed E-state index contributed by atoms with van der Waals surface area (Å²) < 4.78 is 1.14. The van der Waals surface area contributed by atoms with Gasteiger partial charge in [-0.25, -0.2) is 4.98 Å². The predicted octanol–water partition coefficient (Wildman–Crippen LogP) is 10.4. The fourth-order valence-electron chi connectivity index (χ4n) is 6.18. The number of phenolic OH excluding ortho intramolecular Hbond substituents is 1. The van der Waals surface area contributed by atoms with Crippen LogP contribution in [0.25, 0.3) is 75.8 Å². The minimum atomic E-state index is 0. The van der Waals surface area contributed by atoms with Crippen molar-refractivity contribution in [3.05, 3.63) is 182 Å². The van der Waals surface area contributed by atoms with E-state index in [1.165, 1.54) is 0 Å². The zero-order valence-electron chi connectivity index (χ0n) is 29.0. The molecule has 0 aliphatic carbocycles. The molecular formula is C45H29IrN7OS-2. The van der Waals surface area contributed by atoms with Crippen molar-refractivity contribution in [3.63, 3.8) is 0 Å². The second-order valence-corrected chi connectivity index (χ2v) is 13.3. The van der Waals surface area contributed by atoms with Crippen molar-refractivity contribution in [2.24, 2.45) is 0 Å². The number of para-hydroxylation sites is 2. The number of fused-ring (bicyclic) bond motifs is 5. The Morgan fingerprint density at radius 1 is 0.455 bits per heavy atom. The van der Waals surface area contributed by atoms with E-state index in [-0.39, 0.29) is 25.9 Å². The first-order chi connectivity index (χ1) is 26.7. The summed E-state index contributed by atoms with van der Waals surface area (Å²) in [5.74, 6) is 0.279. The largest absolute Gasteiger partial charge is 0.507 e. The van der Waals surface area contributed by atoms with Crippen LogP contribution < -0.4 is 0 Å². The monoisotopic (exact) mass is 908 g/mol. The van der Waals surface area contributed by atoms with Crippen LogP contribution in [0.5, 0.6) is 5.75 Å². The van der Waals surface area contributed by atoms with Gasteiger partial charge < -0.3 is 5.11 Å². The van der Waals surface area contributed by atoms with Gasteiger partial charge in [0.1, 0.15) is 32.8 Å². The quantitative estimate of drug-likeness (QED) is 0.178. The number of benzene rings is 8. The first-order valence-electron chi connectivity index (χ1n) is 17.3. The Hall–Kier alpha value is -6.58. The van der Waals surface area contributed by atoms with Gasteiger partial charge in [-0.2, -0.15) is 66.4 Å². The van der Waals surface area contributed by atoms with Gasteiger partial charge in [0.25, 0.3) is 0 Å². The summed E-state index contributed by atoms with van der Waals surface area (Å²) in [4.78, 5) is 7.82. The Morgan fingerprint density at radius 2 is 0.873 bits per heavy atom. The third kappa shape index (κ3) is 7.34. The number of phenols is 1. The van der Waals surface area contributed by atoms with Crippen molar-refractivity contribution in [2.45, 2.75) is 0 Å². The Bertz CT molecular complexity index is 2800. The Labute approximate surface area is 333 Å². The number of nitrogens with zero attached hydrogens (tertiary/aromatic N) is 7. The molecule has 55 heavy (non-hydrogen) atoms. The second-order valence-electron chi connectivity index (χ2n) is 12.3. The molecule has 11 rings (SSSR count). The molecule has 0 saturated carbocycles. The van der Waals surface area contributed by atoms with E-state index in [1.807, 2.05) is 140 Å². The van der Waals surface area contributed by atoms with E-state index in [9.17, 15) is 5.11 Å². The predicted molar refractivity (Wildman–Crippen MR) is 217 cm³/mol. The van der Waals surface area contributed by atoms with Crippen LogP contribution in [0.15, 0.2) is 170 Å². The van der Waals surface area contributed by atoms with Crippen molar-refractivity contribution in [1.82, 2.24) is 35.0 Å². The maximum Gasteiger partial charge on any atom is 0.128 e. The third-order valence-electron chi connectivity index (χ3n) is 8.80. The van der Waals surface area contributed by atoms with Crippen LogP contribution in [0, 0.1) is 12.1 Å². The maximum absolute atomic E-state index is 9.76. The molecule has 0 amide bonds. The smallest absolute Gasteiger partial charge is 0.128 e. The van der Waals surface area contributed by atoms with Crippen molar-refractivity contribution < 1.29 is 25.2 Å². The fraction of sp³-hybridized carbons (Fsp3) is 0.